The smallest absolute Gasteiger partial charge is 0.373 e. The standard InChI is InChI=1S/C18H27NO4Si/c1-6-15-11-13-16(14-12-15)18(20)19-17(7-2)24(21-8-3,22-9-4)23-10-5/h1,11-14,17H,7-10H2,2-5H3,(H,19,20). The molecule has 1 N–H and O–H groups in total. The third-order valence-corrected chi connectivity index (χ3v) is 6.97. The minimum absolute atomic E-state index is 0.193. The second kappa shape index (κ2) is 10.3. The number of benzene rings is 1. The van der Waals surface area contributed by atoms with E-state index in [9.17, 15) is 4.79 Å². The predicted octanol–water partition coefficient (Wildman–Crippen LogP) is 2.76. The van der Waals surface area contributed by atoms with Crippen LogP contribution in [0.15, 0.2) is 24.3 Å². The molecule has 0 aromatic heterocycles. The summed E-state index contributed by atoms with van der Waals surface area (Å²) in [6.07, 6.45) is 5.99. The summed E-state index contributed by atoms with van der Waals surface area (Å²) in [6.45, 7) is 9.07. The Morgan fingerprint density at radius 2 is 1.58 bits per heavy atom. The fraction of sp³-hybridized carbons (Fsp3) is 0.500. The maximum absolute atomic E-state index is 12.6. The van der Waals surface area contributed by atoms with Crippen LogP contribution in [0.25, 0.3) is 0 Å². The van der Waals surface area contributed by atoms with E-state index in [1.165, 1.54) is 0 Å². The largest absolute Gasteiger partial charge is 0.524 e. The van der Waals surface area contributed by atoms with Crippen molar-refractivity contribution in [2.24, 2.45) is 0 Å². The van der Waals surface area contributed by atoms with E-state index in [1.54, 1.807) is 24.3 Å². The van der Waals surface area contributed by atoms with Gasteiger partial charge >= 0.3 is 8.80 Å². The van der Waals surface area contributed by atoms with Crippen LogP contribution in [0.5, 0.6) is 0 Å². The van der Waals surface area contributed by atoms with Gasteiger partial charge in [0.15, 0.2) is 0 Å². The Morgan fingerprint density at radius 3 is 1.96 bits per heavy atom. The molecule has 0 fully saturated rings. The van der Waals surface area contributed by atoms with Crippen molar-refractivity contribution in [2.75, 3.05) is 19.8 Å². The molecule has 0 saturated carbocycles. The molecule has 0 bridgehead atoms. The van der Waals surface area contributed by atoms with Crippen LogP contribution in [0.4, 0.5) is 0 Å². The van der Waals surface area contributed by atoms with E-state index in [4.69, 9.17) is 19.7 Å². The summed E-state index contributed by atoms with van der Waals surface area (Å²) in [5.74, 6) is 2.34. The molecule has 0 aliphatic carbocycles. The number of carbonyl (C=O) groups excluding carboxylic acids is 1. The lowest BCUT2D eigenvalue weighted by molar-refractivity contribution is 0.0547. The summed E-state index contributed by atoms with van der Waals surface area (Å²) >= 11 is 0. The SMILES string of the molecule is C#Cc1ccc(C(=O)NC(CC)[Si](OCC)(OCC)OCC)cc1. The molecule has 0 radical (unpaired) electrons. The van der Waals surface area contributed by atoms with Gasteiger partial charge in [0.1, 0.15) is 0 Å². The van der Waals surface area contributed by atoms with Crippen molar-refractivity contribution in [3.8, 4) is 12.3 Å². The number of nitrogens with one attached hydrogen (secondary N) is 1. The zero-order chi connectivity index (χ0) is 18.0. The van der Waals surface area contributed by atoms with Crippen molar-refractivity contribution >= 4 is 14.7 Å². The highest BCUT2D eigenvalue weighted by Gasteiger charge is 2.49. The normalized spacial score (nSPS) is 12.5. The Labute approximate surface area is 146 Å². The van der Waals surface area contributed by atoms with Crippen LogP contribution < -0.4 is 5.32 Å². The van der Waals surface area contributed by atoms with Crippen molar-refractivity contribution < 1.29 is 18.1 Å². The molecular weight excluding hydrogens is 322 g/mol. The van der Waals surface area contributed by atoms with Crippen LogP contribution in [0.3, 0.4) is 0 Å². The van der Waals surface area contributed by atoms with E-state index in [1.807, 2.05) is 27.7 Å². The maximum Gasteiger partial charge on any atom is 0.524 e. The van der Waals surface area contributed by atoms with Crippen LogP contribution >= 0.6 is 0 Å². The van der Waals surface area contributed by atoms with Crippen LogP contribution in [-0.4, -0.2) is 40.2 Å². The number of carbonyl (C=O) groups is 1. The number of hydrogen-bond acceptors (Lipinski definition) is 4. The molecule has 0 heterocycles. The lowest BCUT2D eigenvalue weighted by Gasteiger charge is -2.35. The summed E-state index contributed by atoms with van der Waals surface area (Å²) in [7, 11) is -3.00. The summed E-state index contributed by atoms with van der Waals surface area (Å²) < 4.78 is 17.7. The molecule has 24 heavy (non-hydrogen) atoms. The lowest BCUT2D eigenvalue weighted by atomic mass is 10.1. The first-order valence-electron chi connectivity index (χ1n) is 8.36. The summed E-state index contributed by atoms with van der Waals surface area (Å²) in [4.78, 5) is 12.6. The van der Waals surface area contributed by atoms with Gasteiger partial charge in [0.25, 0.3) is 5.91 Å². The predicted molar refractivity (Wildman–Crippen MR) is 96.6 cm³/mol. The van der Waals surface area contributed by atoms with Crippen molar-refractivity contribution in [3.05, 3.63) is 35.4 Å². The third-order valence-electron chi connectivity index (χ3n) is 3.49. The van der Waals surface area contributed by atoms with E-state index in [0.717, 1.165) is 5.56 Å². The van der Waals surface area contributed by atoms with E-state index in [-0.39, 0.29) is 11.6 Å². The van der Waals surface area contributed by atoms with Gasteiger partial charge in [-0.2, -0.15) is 0 Å². The number of amides is 1. The first-order valence-corrected chi connectivity index (χ1v) is 10.2. The van der Waals surface area contributed by atoms with E-state index >= 15 is 0 Å². The van der Waals surface area contributed by atoms with Crippen molar-refractivity contribution in [1.29, 1.82) is 0 Å². The van der Waals surface area contributed by atoms with Gasteiger partial charge in [-0.1, -0.05) is 12.8 Å². The quantitative estimate of drug-likeness (QED) is 0.521. The van der Waals surface area contributed by atoms with Crippen molar-refractivity contribution in [3.63, 3.8) is 0 Å². The first kappa shape index (κ1) is 20.4. The molecule has 1 amide bonds. The highest BCUT2D eigenvalue weighted by Crippen LogP contribution is 2.18. The van der Waals surface area contributed by atoms with Gasteiger partial charge in [-0.05, 0) is 51.5 Å². The Kier molecular flexibility index (Phi) is 8.72. The highest BCUT2D eigenvalue weighted by atomic mass is 28.4. The summed E-state index contributed by atoms with van der Waals surface area (Å²) in [6, 6.07) is 6.91. The van der Waals surface area contributed by atoms with Crippen LogP contribution in [0.2, 0.25) is 0 Å². The molecule has 0 spiro atoms. The zero-order valence-electron chi connectivity index (χ0n) is 14.9. The molecule has 0 aliphatic heterocycles. The van der Waals surface area contributed by atoms with E-state index < -0.39 is 8.80 Å². The monoisotopic (exact) mass is 349 g/mol. The molecule has 0 saturated heterocycles. The van der Waals surface area contributed by atoms with Gasteiger partial charge in [-0.25, -0.2) is 0 Å². The number of terminal acetylenes is 1. The molecule has 1 unspecified atom stereocenters. The maximum atomic E-state index is 12.6. The topological polar surface area (TPSA) is 56.8 Å². The Balaban J connectivity index is 2.98. The molecule has 1 atom stereocenters. The zero-order valence-corrected chi connectivity index (χ0v) is 15.9. The highest BCUT2D eigenvalue weighted by molar-refractivity contribution is 6.62. The van der Waals surface area contributed by atoms with Gasteiger partial charge in [-0.15, -0.1) is 6.42 Å². The van der Waals surface area contributed by atoms with Crippen LogP contribution in [0, 0.1) is 12.3 Å². The van der Waals surface area contributed by atoms with Crippen LogP contribution in [0.1, 0.15) is 50.0 Å². The van der Waals surface area contributed by atoms with Gasteiger partial charge in [0.05, 0.1) is 5.67 Å². The fourth-order valence-electron chi connectivity index (χ4n) is 2.43. The first-order chi connectivity index (χ1) is 11.6. The molecule has 132 valence electrons. The molecule has 6 heteroatoms. The molecule has 5 nitrogen and oxygen atoms in total. The molecule has 1 rings (SSSR count). The Bertz CT molecular complexity index is 536. The number of rotatable bonds is 10. The average molecular weight is 350 g/mol. The third kappa shape index (κ3) is 5.18. The molecule has 1 aromatic rings. The molecule has 1 aromatic carbocycles. The van der Waals surface area contributed by atoms with Gasteiger partial charge in [0.2, 0.25) is 0 Å². The Morgan fingerprint density at radius 1 is 1.08 bits per heavy atom. The average Bonchev–Trinajstić information content (AvgIpc) is 2.60. The lowest BCUT2D eigenvalue weighted by Crippen LogP contribution is -2.62. The van der Waals surface area contributed by atoms with Gasteiger partial charge < -0.3 is 18.6 Å². The fourth-order valence-corrected chi connectivity index (χ4v) is 5.30. The Hall–Kier alpha value is -1.65. The second-order valence-electron chi connectivity index (χ2n) is 5.06. The van der Waals surface area contributed by atoms with E-state index in [0.29, 0.717) is 31.8 Å². The van der Waals surface area contributed by atoms with Gasteiger partial charge in [-0.3, -0.25) is 4.79 Å². The molecule has 0 aliphatic rings. The summed E-state index contributed by atoms with van der Waals surface area (Å²) in [5, 5.41) is 3.01. The second-order valence-corrected chi connectivity index (χ2v) is 7.83. The van der Waals surface area contributed by atoms with Crippen LogP contribution in [-0.2, 0) is 13.3 Å². The van der Waals surface area contributed by atoms with Crippen molar-refractivity contribution in [1.82, 2.24) is 5.32 Å². The van der Waals surface area contributed by atoms with E-state index in [2.05, 4.69) is 11.2 Å². The van der Waals surface area contributed by atoms with Gasteiger partial charge in [0, 0.05) is 30.9 Å². The van der Waals surface area contributed by atoms with Crippen molar-refractivity contribution in [2.45, 2.75) is 39.8 Å². The minimum Gasteiger partial charge on any atom is -0.373 e. The summed E-state index contributed by atoms with van der Waals surface area (Å²) in [5.41, 5.74) is 0.970. The molecular formula is C18H27NO4Si. The minimum atomic E-state index is -3.00. The number of hydrogen-bond donors (Lipinski definition) is 1.